The number of primary sulfonamides is 1. The predicted molar refractivity (Wildman–Crippen MR) is 77.6 cm³/mol. The number of fused-ring (bicyclic) bond motifs is 1. The Morgan fingerprint density at radius 1 is 1.40 bits per heavy atom. The molecule has 1 atom stereocenters. The van der Waals surface area contributed by atoms with Crippen LogP contribution in [0.5, 0.6) is 0 Å². The number of carbonyl (C=O) groups is 1. The molecule has 1 aliphatic heterocycles. The zero-order chi connectivity index (χ0) is 14.7. The van der Waals surface area contributed by atoms with Gasteiger partial charge in [-0.3, -0.25) is 4.79 Å². The quantitative estimate of drug-likeness (QED) is 0.894. The van der Waals surface area contributed by atoms with Gasteiger partial charge in [-0.1, -0.05) is 15.9 Å². The summed E-state index contributed by atoms with van der Waals surface area (Å²) in [5.41, 5.74) is 0.962. The number of rotatable bonds is 3. The number of amides is 1. The van der Waals surface area contributed by atoms with E-state index in [1.54, 1.807) is 11.0 Å². The first kappa shape index (κ1) is 14.0. The van der Waals surface area contributed by atoms with Gasteiger partial charge in [-0.25, -0.2) is 13.6 Å². The number of hydrogen-bond acceptors (Lipinski definition) is 3. The molecule has 108 valence electrons. The third-order valence-electron chi connectivity index (χ3n) is 4.07. The fourth-order valence-corrected chi connectivity index (χ4v) is 4.24. The van der Waals surface area contributed by atoms with E-state index >= 15 is 0 Å². The van der Waals surface area contributed by atoms with Crippen molar-refractivity contribution in [2.24, 2.45) is 11.1 Å². The summed E-state index contributed by atoms with van der Waals surface area (Å²) >= 11 is 3.28. The molecule has 1 saturated carbocycles. The van der Waals surface area contributed by atoms with E-state index in [1.165, 1.54) is 6.07 Å². The number of benzene rings is 1. The summed E-state index contributed by atoms with van der Waals surface area (Å²) < 4.78 is 24.0. The van der Waals surface area contributed by atoms with Gasteiger partial charge in [-0.2, -0.15) is 0 Å². The lowest BCUT2D eigenvalue weighted by Gasteiger charge is -2.24. The van der Waals surface area contributed by atoms with E-state index < -0.39 is 10.0 Å². The van der Waals surface area contributed by atoms with Crippen LogP contribution in [0.25, 0.3) is 0 Å². The lowest BCUT2D eigenvalue weighted by atomic mass is 10.1. The molecule has 0 unspecified atom stereocenters. The topological polar surface area (TPSA) is 80.5 Å². The summed E-state index contributed by atoms with van der Waals surface area (Å²) in [6.45, 7) is 2.47. The maximum absolute atomic E-state index is 12.5. The van der Waals surface area contributed by atoms with E-state index in [-0.39, 0.29) is 22.4 Å². The van der Waals surface area contributed by atoms with Crippen LogP contribution in [-0.4, -0.2) is 25.3 Å². The Bertz CT molecular complexity index is 698. The van der Waals surface area contributed by atoms with E-state index in [4.69, 9.17) is 5.14 Å². The fraction of sp³-hybridized carbons (Fsp3) is 0.462. The molecule has 1 heterocycles. The van der Waals surface area contributed by atoms with Gasteiger partial charge in [0.2, 0.25) is 10.0 Å². The molecule has 0 spiro atoms. The van der Waals surface area contributed by atoms with E-state index in [2.05, 4.69) is 15.9 Å². The lowest BCUT2D eigenvalue weighted by Crippen LogP contribution is -2.35. The van der Waals surface area contributed by atoms with Gasteiger partial charge in [-0.05, 0) is 43.4 Å². The first-order valence-corrected chi connectivity index (χ1v) is 8.79. The molecule has 5 nitrogen and oxygen atoms in total. The number of nitrogens with zero attached hydrogens (tertiary/aromatic N) is 1. The summed E-state index contributed by atoms with van der Waals surface area (Å²) in [5.74, 6) is 0.311. The molecular formula is C13H15BrN2O3S. The Morgan fingerprint density at radius 2 is 2.05 bits per heavy atom. The monoisotopic (exact) mass is 358 g/mol. The number of hydrogen-bond donors (Lipinski definition) is 1. The Morgan fingerprint density at radius 3 is 2.60 bits per heavy atom. The Kier molecular flexibility index (Phi) is 3.19. The van der Waals surface area contributed by atoms with Gasteiger partial charge < -0.3 is 4.90 Å². The second kappa shape index (κ2) is 4.54. The second-order valence-corrected chi connectivity index (χ2v) is 7.94. The van der Waals surface area contributed by atoms with Crippen LogP contribution in [-0.2, 0) is 16.6 Å². The van der Waals surface area contributed by atoms with Crippen molar-refractivity contribution in [1.82, 2.24) is 4.90 Å². The van der Waals surface area contributed by atoms with Crippen LogP contribution in [0.4, 0.5) is 0 Å². The van der Waals surface area contributed by atoms with Crippen LogP contribution in [0.3, 0.4) is 0 Å². The van der Waals surface area contributed by atoms with E-state index in [9.17, 15) is 13.2 Å². The largest absolute Gasteiger partial charge is 0.331 e. The molecule has 1 aromatic carbocycles. The molecular weight excluding hydrogens is 344 g/mol. The first-order valence-electron chi connectivity index (χ1n) is 6.45. The highest BCUT2D eigenvalue weighted by atomic mass is 79.9. The fourth-order valence-electron chi connectivity index (χ4n) is 2.79. The van der Waals surface area contributed by atoms with Gasteiger partial charge in [0.05, 0.1) is 10.5 Å². The summed E-state index contributed by atoms with van der Waals surface area (Å²) in [7, 11) is -3.91. The van der Waals surface area contributed by atoms with Crippen molar-refractivity contribution in [2.75, 3.05) is 0 Å². The molecule has 0 saturated heterocycles. The average Bonchev–Trinajstić information content (AvgIpc) is 3.12. The van der Waals surface area contributed by atoms with E-state index in [0.717, 1.165) is 18.4 Å². The summed E-state index contributed by atoms with van der Waals surface area (Å²) in [6, 6.07) is 3.33. The normalized spacial score (nSPS) is 20.1. The van der Waals surface area contributed by atoms with Crippen molar-refractivity contribution >= 4 is 31.9 Å². The highest BCUT2D eigenvalue weighted by Crippen LogP contribution is 2.40. The van der Waals surface area contributed by atoms with Gasteiger partial charge in [0.25, 0.3) is 5.91 Å². The van der Waals surface area contributed by atoms with Crippen molar-refractivity contribution < 1.29 is 13.2 Å². The molecule has 1 aromatic rings. The molecule has 20 heavy (non-hydrogen) atoms. The summed E-state index contributed by atoms with van der Waals surface area (Å²) in [6.07, 6.45) is 2.26. The highest BCUT2D eigenvalue weighted by Gasteiger charge is 2.40. The third-order valence-corrected chi connectivity index (χ3v) is 5.46. The molecule has 1 amide bonds. The van der Waals surface area contributed by atoms with Gasteiger partial charge in [0.15, 0.2) is 0 Å². The zero-order valence-corrected chi connectivity index (χ0v) is 13.4. The maximum Gasteiger partial charge on any atom is 0.256 e. The number of halogens is 1. The molecule has 2 aliphatic rings. The minimum absolute atomic E-state index is 0.0858. The number of sulfonamides is 1. The molecule has 0 bridgehead atoms. The van der Waals surface area contributed by atoms with Crippen LogP contribution in [0.1, 0.15) is 35.7 Å². The van der Waals surface area contributed by atoms with Crippen molar-refractivity contribution in [3.05, 3.63) is 27.7 Å². The van der Waals surface area contributed by atoms with Crippen molar-refractivity contribution in [3.63, 3.8) is 0 Å². The van der Waals surface area contributed by atoms with Crippen LogP contribution in [0.2, 0.25) is 0 Å². The number of carbonyl (C=O) groups excluding carboxylic acids is 1. The number of nitrogens with two attached hydrogens (primary N) is 1. The van der Waals surface area contributed by atoms with Crippen molar-refractivity contribution in [1.29, 1.82) is 0 Å². The van der Waals surface area contributed by atoms with E-state index in [0.29, 0.717) is 16.9 Å². The highest BCUT2D eigenvalue weighted by molar-refractivity contribution is 9.10. The zero-order valence-electron chi connectivity index (χ0n) is 11.0. The summed E-state index contributed by atoms with van der Waals surface area (Å²) in [5, 5.41) is 5.24. The van der Waals surface area contributed by atoms with Gasteiger partial charge in [0, 0.05) is 17.1 Å². The SMILES string of the molecule is C[C@@H](C1CC1)N1Cc2cc(Br)cc(S(N)(=O)=O)c2C1=O. The van der Waals surface area contributed by atoms with Gasteiger partial charge in [-0.15, -0.1) is 0 Å². The molecule has 2 N–H and O–H groups in total. The maximum atomic E-state index is 12.5. The first-order chi connectivity index (χ1) is 9.29. The smallest absolute Gasteiger partial charge is 0.256 e. The van der Waals surface area contributed by atoms with E-state index in [1.807, 2.05) is 6.92 Å². The second-order valence-electron chi connectivity index (χ2n) is 5.49. The standard InChI is InChI=1S/C13H15BrN2O3S/c1-7(8-2-3-8)16-6-9-4-10(14)5-11(20(15,18)19)12(9)13(16)17/h4-5,7-8H,2-3,6H2,1H3,(H2,15,18,19)/t7-/m0/s1. The minimum atomic E-state index is -3.91. The molecule has 0 radical (unpaired) electrons. The summed E-state index contributed by atoms with van der Waals surface area (Å²) in [4.78, 5) is 14.2. The van der Waals surface area contributed by atoms with Crippen molar-refractivity contribution in [2.45, 2.75) is 37.2 Å². The Balaban J connectivity index is 2.08. The third kappa shape index (κ3) is 2.27. The Hall–Kier alpha value is -0.920. The average molecular weight is 359 g/mol. The van der Waals surface area contributed by atoms with Gasteiger partial charge >= 0.3 is 0 Å². The van der Waals surface area contributed by atoms with Crippen molar-refractivity contribution in [3.8, 4) is 0 Å². The predicted octanol–water partition coefficient (Wildman–Crippen LogP) is 1.85. The molecule has 1 fully saturated rings. The van der Waals surface area contributed by atoms with Crippen LogP contribution in [0, 0.1) is 5.92 Å². The Labute approximate surface area is 126 Å². The van der Waals surface area contributed by atoms with Crippen LogP contribution < -0.4 is 5.14 Å². The van der Waals surface area contributed by atoms with Gasteiger partial charge in [0.1, 0.15) is 0 Å². The molecule has 7 heteroatoms. The molecule has 1 aliphatic carbocycles. The minimum Gasteiger partial charge on any atom is -0.331 e. The van der Waals surface area contributed by atoms with Crippen LogP contribution in [0.15, 0.2) is 21.5 Å². The molecule has 0 aromatic heterocycles. The lowest BCUT2D eigenvalue weighted by molar-refractivity contribution is 0.0694. The van der Waals surface area contributed by atoms with Crippen LogP contribution >= 0.6 is 15.9 Å². The molecule has 3 rings (SSSR count).